The molecule has 0 fully saturated rings. The van der Waals surface area contributed by atoms with Crippen LogP contribution in [-0.2, 0) is 6.54 Å². The Labute approximate surface area is 93.2 Å². The van der Waals surface area contributed by atoms with E-state index in [1.807, 2.05) is 18.2 Å². The first-order valence-electron chi connectivity index (χ1n) is 3.21. The molecule has 1 nitrogen and oxygen atoms in total. The van der Waals surface area contributed by atoms with Crippen molar-refractivity contribution in [2.24, 2.45) is 4.99 Å². The highest BCUT2D eigenvalue weighted by molar-refractivity contribution is 9.11. The Bertz CT molecular complexity index is 312. The number of aliphatic imine (C=N–C) groups is 1. The fraction of sp³-hybridized carbons (Fsp3) is 0.125. The monoisotopic (exact) mass is 305 g/mol. The van der Waals surface area contributed by atoms with Gasteiger partial charge in [0.1, 0.15) is 0 Å². The average Bonchev–Trinajstić information content (AvgIpc) is 1.99. The molecule has 0 unspecified atom stereocenters. The molecule has 0 aliphatic heterocycles. The highest BCUT2D eigenvalue weighted by Gasteiger charge is 1.95. The lowest BCUT2D eigenvalue weighted by atomic mass is 10.2. The summed E-state index contributed by atoms with van der Waals surface area (Å²) in [6.45, 7) is 0.585. The summed E-state index contributed by atoms with van der Waals surface area (Å²) in [5, 5.41) is 2.33. The quantitative estimate of drug-likeness (QED) is 0.598. The van der Waals surface area contributed by atoms with E-state index in [0.717, 1.165) is 14.5 Å². The Morgan fingerprint density at radius 1 is 1.25 bits per heavy atom. The third kappa shape index (κ3) is 3.15. The van der Waals surface area contributed by atoms with Gasteiger partial charge >= 0.3 is 0 Å². The van der Waals surface area contributed by atoms with Crippen molar-refractivity contribution in [2.75, 3.05) is 0 Å². The molecule has 0 spiro atoms. The van der Waals surface area contributed by atoms with E-state index in [4.69, 9.17) is 0 Å². The molecule has 1 aromatic carbocycles. The van der Waals surface area contributed by atoms with E-state index < -0.39 is 0 Å². The van der Waals surface area contributed by atoms with Crippen LogP contribution in [0.5, 0.6) is 0 Å². The average molecular weight is 307 g/mol. The SMILES string of the molecule is S=C=NCc1cc(Br)cc(Br)c1. The number of nitrogens with zero attached hydrogens (tertiary/aromatic N) is 1. The number of thiocarbonyl (C=S) groups is 1. The van der Waals surface area contributed by atoms with Crippen LogP contribution in [0.3, 0.4) is 0 Å². The van der Waals surface area contributed by atoms with Crippen molar-refractivity contribution in [3.63, 3.8) is 0 Å². The van der Waals surface area contributed by atoms with Gasteiger partial charge in [-0.05, 0) is 36.0 Å². The van der Waals surface area contributed by atoms with Crippen LogP contribution >= 0.6 is 44.1 Å². The molecule has 0 N–H and O–H groups in total. The maximum absolute atomic E-state index is 4.48. The van der Waals surface area contributed by atoms with Crippen molar-refractivity contribution < 1.29 is 0 Å². The molecule has 0 bridgehead atoms. The maximum atomic E-state index is 4.48. The highest BCUT2D eigenvalue weighted by atomic mass is 79.9. The summed E-state index contributed by atoms with van der Waals surface area (Å²) in [5.74, 6) is 0. The van der Waals surface area contributed by atoms with Gasteiger partial charge in [0.25, 0.3) is 0 Å². The van der Waals surface area contributed by atoms with Crippen molar-refractivity contribution in [3.05, 3.63) is 32.7 Å². The van der Waals surface area contributed by atoms with Crippen LogP contribution in [0.25, 0.3) is 0 Å². The number of benzene rings is 1. The number of halogens is 2. The second kappa shape index (κ2) is 4.87. The van der Waals surface area contributed by atoms with Gasteiger partial charge in [-0.1, -0.05) is 31.9 Å². The molecule has 0 heterocycles. The second-order valence-corrected chi connectivity index (χ2v) is 4.20. The molecule has 0 saturated carbocycles. The van der Waals surface area contributed by atoms with Crippen LogP contribution in [0, 0.1) is 0 Å². The summed E-state index contributed by atoms with van der Waals surface area (Å²) in [4.78, 5) is 3.85. The normalized spacial score (nSPS) is 9.17. The molecule has 0 aliphatic rings. The van der Waals surface area contributed by atoms with Gasteiger partial charge in [-0.15, -0.1) is 0 Å². The molecule has 0 saturated heterocycles. The summed E-state index contributed by atoms with van der Waals surface area (Å²) in [7, 11) is 0. The van der Waals surface area contributed by atoms with Crippen LogP contribution in [0.4, 0.5) is 0 Å². The standard InChI is InChI=1S/C8H5Br2NS/c9-7-1-6(4-11-5-12)2-8(10)3-7/h1-3H,4H2. The van der Waals surface area contributed by atoms with Crippen LogP contribution in [0.1, 0.15) is 5.56 Å². The third-order valence-electron chi connectivity index (χ3n) is 1.25. The van der Waals surface area contributed by atoms with E-state index in [9.17, 15) is 0 Å². The van der Waals surface area contributed by atoms with Gasteiger partial charge < -0.3 is 0 Å². The summed E-state index contributed by atoms with van der Waals surface area (Å²) in [6.07, 6.45) is 0. The van der Waals surface area contributed by atoms with Gasteiger partial charge in [0.15, 0.2) is 0 Å². The lowest BCUT2D eigenvalue weighted by Crippen LogP contribution is -1.80. The molecule has 0 aliphatic carbocycles. The van der Waals surface area contributed by atoms with Crippen LogP contribution in [0.15, 0.2) is 32.1 Å². The van der Waals surface area contributed by atoms with Gasteiger partial charge in [0.05, 0.1) is 11.7 Å². The molecule has 1 aromatic rings. The Morgan fingerprint density at radius 3 is 2.33 bits per heavy atom. The van der Waals surface area contributed by atoms with Gasteiger partial charge in [-0.25, -0.2) is 4.99 Å². The maximum Gasteiger partial charge on any atom is 0.0744 e. The van der Waals surface area contributed by atoms with Crippen LogP contribution in [-0.4, -0.2) is 5.16 Å². The van der Waals surface area contributed by atoms with Crippen molar-refractivity contribution >= 4 is 49.2 Å². The van der Waals surface area contributed by atoms with E-state index in [2.05, 4.69) is 54.2 Å². The summed E-state index contributed by atoms with van der Waals surface area (Å²) in [6, 6.07) is 5.98. The Hall–Kier alpha value is -0.0200. The predicted octanol–water partition coefficient (Wildman–Crippen LogP) is 3.81. The fourth-order valence-corrected chi connectivity index (χ4v) is 2.28. The van der Waals surface area contributed by atoms with Crippen LogP contribution < -0.4 is 0 Å². The summed E-state index contributed by atoms with van der Waals surface area (Å²) >= 11 is 11.3. The first-order chi connectivity index (χ1) is 5.72. The molecular weight excluding hydrogens is 302 g/mol. The van der Waals surface area contributed by atoms with E-state index in [1.54, 1.807) is 0 Å². The molecule has 1 rings (SSSR count). The lowest BCUT2D eigenvalue weighted by Gasteiger charge is -1.98. The second-order valence-electron chi connectivity index (χ2n) is 2.19. The molecule has 12 heavy (non-hydrogen) atoms. The summed E-state index contributed by atoms with van der Waals surface area (Å²) in [5.41, 5.74) is 1.11. The lowest BCUT2D eigenvalue weighted by molar-refractivity contribution is 1.08. The highest BCUT2D eigenvalue weighted by Crippen LogP contribution is 2.20. The molecule has 0 atom stereocenters. The molecular formula is C8H5Br2NS. The zero-order chi connectivity index (χ0) is 8.97. The smallest absolute Gasteiger partial charge is 0.0744 e. The minimum absolute atomic E-state index is 0.585. The molecule has 62 valence electrons. The molecule has 0 radical (unpaired) electrons. The number of hydrogen-bond acceptors (Lipinski definition) is 2. The largest absolute Gasteiger partial charge is 0.228 e. The zero-order valence-corrected chi connectivity index (χ0v) is 10.0. The van der Waals surface area contributed by atoms with Crippen molar-refractivity contribution in [1.82, 2.24) is 0 Å². The topological polar surface area (TPSA) is 12.4 Å². The Kier molecular flexibility index (Phi) is 4.09. The van der Waals surface area contributed by atoms with Gasteiger partial charge in [0.2, 0.25) is 0 Å². The molecule has 4 heteroatoms. The van der Waals surface area contributed by atoms with Gasteiger partial charge in [-0.3, -0.25) is 0 Å². The van der Waals surface area contributed by atoms with E-state index in [1.165, 1.54) is 0 Å². The van der Waals surface area contributed by atoms with Crippen molar-refractivity contribution in [2.45, 2.75) is 6.54 Å². The summed E-state index contributed by atoms with van der Waals surface area (Å²) < 4.78 is 2.07. The number of rotatable bonds is 2. The Morgan fingerprint density at radius 2 is 1.83 bits per heavy atom. The van der Waals surface area contributed by atoms with Gasteiger partial charge in [0, 0.05) is 8.95 Å². The molecule has 0 aromatic heterocycles. The minimum atomic E-state index is 0.585. The molecule has 0 amide bonds. The third-order valence-corrected chi connectivity index (χ3v) is 2.29. The fourth-order valence-electron chi connectivity index (χ4n) is 0.826. The zero-order valence-electron chi connectivity index (χ0n) is 6.05. The Balaban J connectivity index is 2.92. The van der Waals surface area contributed by atoms with E-state index in [-0.39, 0.29) is 0 Å². The predicted molar refractivity (Wildman–Crippen MR) is 60.6 cm³/mol. The van der Waals surface area contributed by atoms with Crippen molar-refractivity contribution in [1.29, 1.82) is 0 Å². The van der Waals surface area contributed by atoms with Crippen molar-refractivity contribution in [3.8, 4) is 0 Å². The van der Waals surface area contributed by atoms with Gasteiger partial charge in [-0.2, -0.15) is 0 Å². The van der Waals surface area contributed by atoms with Crippen LogP contribution in [0.2, 0.25) is 0 Å². The number of isothiocyanates is 1. The first kappa shape index (κ1) is 10.1. The number of hydrogen-bond donors (Lipinski definition) is 0. The minimum Gasteiger partial charge on any atom is -0.228 e. The van der Waals surface area contributed by atoms with E-state index >= 15 is 0 Å². The first-order valence-corrected chi connectivity index (χ1v) is 5.20. The van der Waals surface area contributed by atoms with E-state index in [0.29, 0.717) is 6.54 Å².